The molecule has 2 aliphatic carbocycles. The highest BCUT2D eigenvalue weighted by molar-refractivity contribution is 7.27. The van der Waals surface area contributed by atoms with Crippen LogP contribution in [0.25, 0.3) is 64.3 Å². The molecular weight excluding hydrogens is 671 g/mol. The number of hydrogen-bond acceptors (Lipinski definition) is 2. The smallest absolute Gasteiger partial charge is 0.0640 e. The summed E-state index contributed by atoms with van der Waals surface area (Å²) in [5, 5.41) is 5.41. The molecule has 0 saturated carbocycles. The predicted molar refractivity (Wildman–Crippen MR) is 232 cm³/mol. The van der Waals surface area contributed by atoms with E-state index < -0.39 is 0 Å². The fourth-order valence-corrected chi connectivity index (χ4v) is 11.2. The van der Waals surface area contributed by atoms with Crippen molar-refractivity contribution in [2.24, 2.45) is 0 Å². The van der Waals surface area contributed by atoms with E-state index in [-0.39, 0.29) is 10.8 Å². The van der Waals surface area contributed by atoms with Gasteiger partial charge in [0, 0.05) is 43.1 Å². The molecule has 54 heavy (non-hydrogen) atoms. The van der Waals surface area contributed by atoms with Crippen molar-refractivity contribution in [3.8, 4) is 33.4 Å². The van der Waals surface area contributed by atoms with Gasteiger partial charge in [-0.1, -0.05) is 161 Å². The summed E-state index contributed by atoms with van der Waals surface area (Å²) in [6.07, 6.45) is 0. The lowest BCUT2D eigenvalue weighted by atomic mass is 9.80. The van der Waals surface area contributed by atoms with E-state index in [1.54, 1.807) is 0 Å². The van der Waals surface area contributed by atoms with E-state index in [1.165, 1.54) is 98.0 Å². The van der Waals surface area contributed by atoms with Gasteiger partial charge in [0.2, 0.25) is 0 Å². The van der Waals surface area contributed by atoms with Crippen molar-refractivity contribution >= 4 is 59.3 Å². The molecule has 0 fully saturated rings. The lowest BCUT2D eigenvalue weighted by Gasteiger charge is -2.28. The van der Waals surface area contributed by atoms with E-state index in [1.807, 2.05) is 11.3 Å². The van der Waals surface area contributed by atoms with E-state index in [0.29, 0.717) is 0 Å². The maximum atomic E-state index is 2.51. The molecule has 0 atom stereocenters. The maximum Gasteiger partial charge on any atom is 0.0640 e. The third-order valence-electron chi connectivity index (χ3n) is 12.4. The average molecular weight is 710 g/mol. The molecular formula is C52H39NS. The average Bonchev–Trinajstić information content (AvgIpc) is 3.79. The van der Waals surface area contributed by atoms with E-state index in [4.69, 9.17) is 0 Å². The largest absolute Gasteiger partial charge is 0.309 e. The second-order valence-electron chi connectivity index (χ2n) is 16.1. The van der Waals surface area contributed by atoms with Crippen molar-refractivity contribution in [3.05, 3.63) is 186 Å². The highest BCUT2D eigenvalue weighted by Gasteiger charge is 2.40. The molecule has 9 aromatic rings. The molecule has 1 heterocycles. The first-order valence-electron chi connectivity index (χ1n) is 19.0. The maximum absolute atomic E-state index is 2.51. The summed E-state index contributed by atoms with van der Waals surface area (Å²) in [5.74, 6) is 0. The van der Waals surface area contributed by atoms with Gasteiger partial charge < -0.3 is 4.90 Å². The topological polar surface area (TPSA) is 3.24 Å². The second kappa shape index (κ2) is 11.3. The normalized spacial score (nSPS) is 14.6. The van der Waals surface area contributed by atoms with Crippen molar-refractivity contribution in [1.29, 1.82) is 0 Å². The van der Waals surface area contributed by atoms with Crippen molar-refractivity contribution in [2.45, 2.75) is 38.5 Å². The van der Waals surface area contributed by atoms with E-state index in [0.717, 1.165) is 5.69 Å². The van der Waals surface area contributed by atoms with Crippen LogP contribution in [0.4, 0.5) is 17.1 Å². The van der Waals surface area contributed by atoms with E-state index in [2.05, 4.69) is 196 Å². The van der Waals surface area contributed by atoms with Gasteiger partial charge in [-0.05, 0) is 91.4 Å². The molecule has 0 aliphatic heterocycles. The molecule has 8 aromatic carbocycles. The lowest BCUT2D eigenvalue weighted by Crippen LogP contribution is -2.16. The molecule has 0 radical (unpaired) electrons. The summed E-state index contributed by atoms with van der Waals surface area (Å²) in [7, 11) is 0. The molecule has 258 valence electrons. The summed E-state index contributed by atoms with van der Waals surface area (Å²) in [6, 6.07) is 61.0. The van der Waals surface area contributed by atoms with Gasteiger partial charge in [-0.2, -0.15) is 0 Å². The Morgan fingerprint density at radius 1 is 0.426 bits per heavy atom. The van der Waals surface area contributed by atoms with Crippen molar-refractivity contribution in [2.75, 3.05) is 4.90 Å². The number of anilines is 3. The molecule has 1 nitrogen and oxygen atoms in total. The molecule has 1 aromatic heterocycles. The van der Waals surface area contributed by atoms with Gasteiger partial charge in [-0.25, -0.2) is 0 Å². The van der Waals surface area contributed by atoms with Crippen molar-refractivity contribution in [3.63, 3.8) is 0 Å². The highest BCUT2D eigenvalue weighted by atomic mass is 32.1. The number of rotatable bonds is 4. The predicted octanol–water partition coefficient (Wildman–Crippen LogP) is 15.0. The summed E-state index contributed by atoms with van der Waals surface area (Å²) < 4.78 is 2.69. The van der Waals surface area contributed by atoms with Gasteiger partial charge in [0.05, 0.1) is 10.4 Å². The van der Waals surface area contributed by atoms with Crippen LogP contribution in [0.15, 0.2) is 164 Å². The van der Waals surface area contributed by atoms with Crippen LogP contribution in [0.2, 0.25) is 0 Å². The first-order chi connectivity index (χ1) is 26.3. The Morgan fingerprint density at radius 3 is 1.80 bits per heavy atom. The number of hydrogen-bond donors (Lipinski definition) is 0. The summed E-state index contributed by atoms with van der Waals surface area (Å²) in [6.45, 7) is 9.59. The van der Waals surface area contributed by atoms with Crippen LogP contribution in [0.3, 0.4) is 0 Å². The van der Waals surface area contributed by atoms with Crippen LogP contribution in [-0.4, -0.2) is 0 Å². The molecule has 11 rings (SSSR count). The van der Waals surface area contributed by atoms with Gasteiger partial charge in [-0.15, -0.1) is 11.3 Å². The van der Waals surface area contributed by atoms with Gasteiger partial charge in [0.25, 0.3) is 0 Å². The first kappa shape index (κ1) is 31.6. The van der Waals surface area contributed by atoms with Gasteiger partial charge in [0.15, 0.2) is 0 Å². The third-order valence-corrected chi connectivity index (χ3v) is 13.7. The number of fused-ring (bicyclic) bond motifs is 13. The lowest BCUT2D eigenvalue weighted by molar-refractivity contribution is 0.660. The molecule has 0 unspecified atom stereocenters. The Kier molecular flexibility index (Phi) is 6.59. The van der Waals surface area contributed by atoms with E-state index in [9.17, 15) is 0 Å². The van der Waals surface area contributed by atoms with Gasteiger partial charge in [-0.3, -0.25) is 0 Å². The van der Waals surface area contributed by atoms with Crippen LogP contribution >= 0.6 is 11.3 Å². The van der Waals surface area contributed by atoms with E-state index >= 15 is 0 Å². The van der Waals surface area contributed by atoms with Crippen LogP contribution in [0.1, 0.15) is 49.9 Å². The zero-order chi connectivity index (χ0) is 36.3. The Labute approximate surface area is 320 Å². The minimum atomic E-state index is -0.133. The monoisotopic (exact) mass is 709 g/mol. The molecule has 0 bridgehead atoms. The Bertz CT molecular complexity index is 2980. The zero-order valence-corrected chi connectivity index (χ0v) is 31.8. The quantitative estimate of drug-likeness (QED) is 0.176. The van der Waals surface area contributed by atoms with Crippen LogP contribution in [0.5, 0.6) is 0 Å². The first-order valence-corrected chi connectivity index (χ1v) is 19.8. The Morgan fingerprint density at radius 2 is 1.02 bits per heavy atom. The fourth-order valence-electron chi connectivity index (χ4n) is 9.85. The van der Waals surface area contributed by atoms with Gasteiger partial charge in [0.1, 0.15) is 0 Å². The standard InChI is InChI=1S/C52H39NS/c1-51(2)42-22-12-10-17-36(42)37-30-29-35(31-44(37)51)53(34-27-25-33(26-28-34)32-15-6-5-7-16-32)45-24-14-21-41-47-48-46(40-20-11-13-23-43(40)52(48,3)4)38-18-8-9-19-39(38)50(47)54-49(41)45/h5-31H,1-4H3. The molecule has 0 amide bonds. The number of nitrogens with zero attached hydrogens (tertiary/aromatic N) is 1. The number of thiophene rings is 1. The molecule has 0 N–H and O–H groups in total. The Hall–Kier alpha value is -5.96. The third kappa shape index (κ3) is 4.26. The van der Waals surface area contributed by atoms with Crippen LogP contribution < -0.4 is 4.90 Å². The molecule has 2 heteroatoms. The summed E-state index contributed by atoms with van der Waals surface area (Å²) in [5.41, 5.74) is 16.8. The van der Waals surface area contributed by atoms with Crippen molar-refractivity contribution < 1.29 is 0 Å². The van der Waals surface area contributed by atoms with Crippen molar-refractivity contribution in [1.82, 2.24) is 0 Å². The number of benzene rings is 8. The van der Waals surface area contributed by atoms with Crippen LogP contribution in [-0.2, 0) is 10.8 Å². The minimum Gasteiger partial charge on any atom is -0.309 e. The molecule has 0 spiro atoms. The summed E-state index contributed by atoms with van der Waals surface area (Å²) >= 11 is 1.95. The fraction of sp³-hybridized carbons (Fsp3) is 0.115. The molecule has 0 saturated heterocycles. The SMILES string of the molecule is CC1(C)c2ccccc2-c2ccc(N(c3ccc(-c4ccccc4)cc3)c3cccc4c3sc3c5ccccc5c5c(c43)C(C)(C)c3ccccc3-5)cc21. The molecule has 2 aliphatic rings. The Balaban J connectivity index is 1.19. The highest BCUT2D eigenvalue weighted by Crippen LogP contribution is 2.58. The minimum absolute atomic E-state index is 0.103. The zero-order valence-electron chi connectivity index (χ0n) is 30.9. The van der Waals surface area contributed by atoms with Crippen LogP contribution in [0, 0.1) is 0 Å². The second-order valence-corrected chi connectivity index (χ2v) is 17.1. The summed E-state index contributed by atoms with van der Waals surface area (Å²) in [4.78, 5) is 2.51. The van der Waals surface area contributed by atoms with Gasteiger partial charge >= 0.3 is 0 Å².